The second-order valence-corrected chi connectivity index (χ2v) is 17.2. The lowest BCUT2D eigenvalue weighted by Crippen LogP contribution is -2.28. The number of rotatable bonds is 44. The highest BCUT2D eigenvalue weighted by molar-refractivity contribution is 7.47. The minimum Gasteiger partial charge on any atom is -0.457 e. The van der Waals surface area contributed by atoms with Gasteiger partial charge >= 0.3 is 19.8 Å². The molecule has 11 heteroatoms. The van der Waals surface area contributed by atoms with Crippen LogP contribution in [0.2, 0.25) is 0 Å². The molecule has 0 aliphatic heterocycles. The number of phosphoric ester groups is 1. The van der Waals surface area contributed by atoms with E-state index in [1.165, 1.54) is 51.4 Å². The van der Waals surface area contributed by atoms with Crippen LogP contribution >= 0.6 is 7.82 Å². The van der Waals surface area contributed by atoms with Gasteiger partial charge in [0.25, 0.3) is 0 Å². The molecule has 0 heterocycles. The molecule has 0 saturated carbocycles. The van der Waals surface area contributed by atoms with Gasteiger partial charge in [0.1, 0.15) is 12.2 Å². The summed E-state index contributed by atoms with van der Waals surface area (Å²) < 4.78 is 32.6. The zero-order valence-electron chi connectivity index (χ0n) is 38.4. The van der Waals surface area contributed by atoms with Gasteiger partial charge < -0.3 is 24.6 Å². The lowest BCUT2D eigenvalue weighted by atomic mass is 10.1. The van der Waals surface area contributed by atoms with Crippen molar-refractivity contribution in [1.82, 2.24) is 0 Å². The molecule has 61 heavy (non-hydrogen) atoms. The first-order valence-electron chi connectivity index (χ1n) is 23.9. The number of aliphatic hydroxyl groups excluding tert-OH is 2. The number of carbonyl (C=O) groups is 2. The molecule has 0 rings (SSSR count). The highest BCUT2D eigenvalue weighted by atomic mass is 31.2. The molecule has 0 radical (unpaired) electrons. The van der Waals surface area contributed by atoms with Gasteiger partial charge in [-0.25, -0.2) is 4.57 Å². The molecule has 0 fully saturated rings. The van der Waals surface area contributed by atoms with Gasteiger partial charge in [0.15, 0.2) is 0 Å². The topological polar surface area (TPSA) is 149 Å². The highest BCUT2D eigenvalue weighted by Gasteiger charge is 2.27. The molecule has 10 nitrogen and oxygen atoms in total. The van der Waals surface area contributed by atoms with E-state index in [2.05, 4.69) is 86.8 Å². The molecule has 0 aromatic heterocycles. The zero-order valence-corrected chi connectivity index (χ0v) is 39.3. The van der Waals surface area contributed by atoms with E-state index in [0.29, 0.717) is 12.8 Å². The third kappa shape index (κ3) is 43.8. The summed E-state index contributed by atoms with van der Waals surface area (Å²) in [6.07, 6.45) is 52.9. The van der Waals surface area contributed by atoms with Crippen molar-refractivity contribution >= 4 is 19.8 Å². The summed E-state index contributed by atoms with van der Waals surface area (Å²) in [5, 5.41) is 19.2. The van der Waals surface area contributed by atoms with Gasteiger partial charge in [0, 0.05) is 12.8 Å². The van der Waals surface area contributed by atoms with E-state index in [1.807, 2.05) is 0 Å². The summed E-state index contributed by atoms with van der Waals surface area (Å²) in [5.41, 5.74) is 0. The average molecular weight is 879 g/mol. The minimum absolute atomic E-state index is 0.173. The van der Waals surface area contributed by atoms with Crippen molar-refractivity contribution in [2.45, 2.75) is 206 Å². The SMILES string of the molecule is CCCCC/C=C\C/C=C\C/C=C\CCCCCCCCC(=O)OC(CO)COP(=O)(O)OCC(CO)OC(=O)CCCCCCCC/C=C\C/C=C\C/C=C\CCCCC. The quantitative estimate of drug-likeness (QED) is 0.0234. The number of esters is 2. The third-order valence-corrected chi connectivity index (χ3v) is 10.8. The maximum atomic E-state index is 12.4. The number of hydrogen-bond acceptors (Lipinski definition) is 9. The average Bonchev–Trinajstić information content (AvgIpc) is 3.25. The Labute approximate surface area is 371 Å². The number of carbonyl (C=O) groups excluding carboxylic acids is 2. The van der Waals surface area contributed by atoms with Gasteiger partial charge in [-0.1, -0.05) is 164 Å². The van der Waals surface area contributed by atoms with E-state index >= 15 is 0 Å². The summed E-state index contributed by atoms with van der Waals surface area (Å²) in [5.74, 6) is -1.05. The van der Waals surface area contributed by atoms with Gasteiger partial charge in [-0.2, -0.15) is 0 Å². The molecule has 0 saturated heterocycles. The van der Waals surface area contributed by atoms with Gasteiger partial charge in [0.2, 0.25) is 0 Å². The lowest BCUT2D eigenvalue weighted by molar-refractivity contribution is -0.153. The van der Waals surface area contributed by atoms with Crippen LogP contribution in [0.25, 0.3) is 0 Å². The lowest BCUT2D eigenvalue weighted by Gasteiger charge is -2.20. The Bertz CT molecular complexity index is 1150. The second-order valence-electron chi connectivity index (χ2n) is 15.7. The van der Waals surface area contributed by atoms with Crippen molar-refractivity contribution in [2.24, 2.45) is 0 Å². The normalized spacial score (nSPS) is 14.4. The van der Waals surface area contributed by atoms with Crippen LogP contribution in [0.1, 0.15) is 194 Å². The molecular formula is C50H87O10P. The van der Waals surface area contributed by atoms with Crippen molar-refractivity contribution in [3.05, 3.63) is 72.9 Å². The number of unbranched alkanes of at least 4 members (excludes halogenated alkanes) is 18. The van der Waals surface area contributed by atoms with Gasteiger partial charge in [0.05, 0.1) is 26.4 Å². The van der Waals surface area contributed by atoms with E-state index in [0.717, 1.165) is 103 Å². The van der Waals surface area contributed by atoms with Crippen LogP contribution in [0.4, 0.5) is 0 Å². The minimum atomic E-state index is -4.65. The summed E-state index contributed by atoms with van der Waals surface area (Å²) in [6, 6.07) is 0. The fourth-order valence-corrected chi connectivity index (χ4v) is 6.97. The number of allylic oxidation sites excluding steroid dienone is 12. The smallest absolute Gasteiger partial charge is 0.457 e. The Morgan fingerprint density at radius 1 is 0.443 bits per heavy atom. The fourth-order valence-electron chi connectivity index (χ4n) is 6.19. The maximum Gasteiger partial charge on any atom is 0.472 e. The van der Waals surface area contributed by atoms with E-state index in [1.54, 1.807) is 0 Å². The third-order valence-electron chi connectivity index (χ3n) is 9.89. The monoisotopic (exact) mass is 879 g/mol. The van der Waals surface area contributed by atoms with Crippen LogP contribution in [-0.4, -0.2) is 65.7 Å². The second kappa shape index (κ2) is 45.4. The molecule has 0 aromatic carbocycles. The van der Waals surface area contributed by atoms with E-state index in [9.17, 15) is 29.3 Å². The number of aliphatic hydroxyl groups is 2. The molecule has 2 unspecified atom stereocenters. The zero-order chi connectivity index (χ0) is 44.8. The molecule has 352 valence electrons. The van der Waals surface area contributed by atoms with Crippen LogP contribution < -0.4 is 0 Å². The molecular weight excluding hydrogens is 792 g/mol. The van der Waals surface area contributed by atoms with Crippen molar-refractivity contribution in [3.63, 3.8) is 0 Å². The summed E-state index contributed by atoms with van der Waals surface area (Å²) in [6.45, 7) is 2.12. The Kier molecular flexibility index (Phi) is 43.5. The molecule has 2 atom stereocenters. The maximum absolute atomic E-state index is 12.4. The Morgan fingerprint density at radius 3 is 1.03 bits per heavy atom. The predicted octanol–water partition coefficient (Wildman–Crippen LogP) is 13.2. The van der Waals surface area contributed by atoms with E-state index in [-0.39, 0.29) is 12.8 Å². The van der Waals surface area contributed by atoms with Crippen LogP contribution in [0.5, 0.6) is 0 Å². The molecule has 0 aliphatic rings. The van der Waals surface area contributed by atoms with Crippen LogP contribution in [0.3, 0.4) is 0 Å². The first-order chi connectivity index (χ1) is 29.8. The fraction of sp³-hybridized carbons (Fsp3) is 0.720. The standard InChI is InChI=1S/C50H87O10P/c1-3-5-7-9-11-13-15-17-19-21-23-25-27-29-31-33-35-37-39-41-49(53)59-47(43-51)45-57-61(55,56)58-46-48(44-52)60-50(54)42-40-38-36-34-32-30-28-26-24-22-20-18-16-14-12-10-8-6-4-2/h11-14,17-20,23-26,47-48,51-52H,3-10,15-16,21-22,27-46H2,1-2H3,(H,55,56)/b13-11-,14-12-,19-17-,20-18-,25-23-,26-24-. The summed E-state index contributed by atoms with van der Waals surface area (Å²) >= 11 is 0. The Balaban J connectivity index is 3.94. The Hall–Kier alpha value is -2.59. The molecule has 0 spiro atoms. The highest BCUT2D eigenvalue weighted by Crippen LogP contribution is 2.43. The van der Waals surface area contributed by atoms with Gasteiger partial charge in [-0.3, -0.25) is 18.6 Å². The molecule has 0 aromatic rings. The van der Waals surface area contributed by atoms with Crippen molar-refractivity contribution in [3.8, 4) is 0 Å². The molecule has 0 bridgehead atoms. The number of hydrogen-bond donors (Lipinski definition) is 3. The van der Waals surface area contributed by atoms with Gasteiger partial charge in [-0.15, -0.1) is 0 Å². The summed E-state index contributed by atoms with van der Waals surface area (Å²) in [4.78, 5) is 34.6. The van der Waals surface area contributed by atoms with Gasteiger partial charge in [-0.05, 0) is 89.9 Å². The summed E-state index contributed by atoms with van der Waals surface area (Å²) in [7, 11) is -4.65. The predicted molar refractivity (Wildman–Crippen MR) is 251 cm³/mol. The largest absolute Gasteiger partial charge is 0.472 e. The van der Waals surface area contributed by atoms with E-state index in [4.69, 9.17) is 18.5 Å². The molecule has 3 N–H and O–H groups in total. The van der Waals surface area contributed by atoms with E-state index < -0.39 is 58.4 Å². The van der Waals surface area contributed by atoms with Crippen molar-refractivity contribution in [1.29, 1.82) is 0 Å². The van der Waals surface area contributed by atoms with Crippen molar-refractivity contribution < 1.29 is 47.8 Å². The first-order valence-corrected chi connectivity index (χ1v) is 25.4. The molecule has 0 aliphatic carbocycles. The van der Waals surface area contributed by atoms with Crippen LogP contribution in [0.15, 0.2) is 72.9 Å². The number of phosphoric acid groups is 1. The van der Waals surface area contributed by atoms with Crippen LogP contribution in [-0.2, 0) is 32.7 Å². The van der Waals surface area contributed by atoms with Crippen LogP contribution in [0, 0.1) is 0 Å². The Morgan fingerprint density at radius 2 is 0.721 bits per heavy atom. The molecule has 0 amide bonds. The first kappa shape index (κ1) is 58.4. The number of ether oxygens (including phenoxy) is 2. The van der Waals surface area contributed by atoms with Crippen molar-refractivity contribution in [2.75, 3.05) is 26.4 Å².